The van der Waals surface area contributed by atoms with Gasteiger partial charge in [0.2, 0.25) is 0 Å². The fourth-order valence-corrected chi connectivity index (χ4v) is 0.512. The summed E-state index contributed by atoms with van der Waals surface area (Å²) in [5, 5.41) is 0. The van der Waals surface area contributed by atoms with Crippen LogP contribution in [0.25, 0.3) is 0 Å². The van der Waals surface area contributed by atoms with Gasteiger partial charge in [-0.25, -0.2) is 0 Å². The standard InChI is InChI=1S/C6H12O4P/c1-6(2)4-5-9-10-11(7)8-3/h4H,5H2,1-3H3/q+1. The summed E-state index contributed by atoms with van der Waals surface area (Å²) in [6.45, 7) is 4.14. The molecule has 0 N–H and O–H groups in total. The molecule has 4 nitrogen and oxygen atoms in total. The van der Waals surface area contributed by atoms with Gasteiger partial charge in [-0.1, -0.05) is 11.6 Å². The first-order chi connectivity index (χ1) is 5.16. The predicted octanol–water partition coefficient (Wildman–Crippen LogP) is 2.20. The van der Waals surface area contributed by atoms with Crippen LogP contribution < -0.4 is 0 Å². The maximum atomic E-state index is 10.4. The molecule has 0 aliphatic heterocycles. The molecule has 0 saturated carbocycles. The van der Waals surface area contributed by atoms with E-state index in [1.807, 2.05) is 13.8 Å². The molecule has 0 rings (SSSR count). The highest BCUT2D eigenvalue weighted by molar-refractivity contribution is 7.33. The third-order valence-corrected chi connectivity index (χ3v) is 1.35. The number of rotatable bonds is 5. The van der Waals surface area contributed by atoms with Gasteiger partial charge in [0, 0.05) is 4.57 Å². The SMILES string of the molecule is CO[P+](=O)OOCC=C(C)C. The van der Waals surface area contributed by atoms with E-state index >= 15 is 0 Å². The van der Waals surface area contributed by atoms with Crippen LogP contribution in [-0.4, -0.2) is 13.7 Å². The molecule has 0 heterocycles. The van der Waals surface area contributed by atoms with E-state index in [2.05, 4.69) is 14.1 Å². The van der Waals surface area contributed by atoms with Crippen molar-refractivity contribution in [3.8, 4) is 0 Å². The van der Waals surface area contributed by atoms with Crippen molar-refractivity contribution < 1.29 is 18.7 Å². The summed E-state index contributed by atoms with van der Waals surface area (Å²) in [7, 11) is -0.830. The van der Waals surface area contributed by atoms with Gasteiger partial charge in [-0.2, -0.15) is 4.89 Å². The third kappa shape index (κ3) is 7.62. The minimum absolute atomic E-state index is 0.284. The van der Waals surface area contributed by atoms with E-state index in [-0.39, 0.29) is 6.61 Å². The summed E-state index contributed by atoms with van der Waals surface area (Å²) >= 11 is 0. The minimum atomic E-state index is -2.11. The molecule has 0 amide bonds. The number of hydrogen-bond acceptors (Lipinski definition) is 4. The van der Waals surface area contributed by atoms with Crippen LogP contribution in [0.15, 0.2) is 11.6 Å². The molecule has 5 heteroatoms. The highest BCUT2D eigenvalue weighted by Crippen LogP contribution is 2.21. The molecule has 0 aromatic carbocycles. The lowest BCUT2D eigenvalue weighted by atomic mass is 10.3. The molecule has 0 bridgehead atoms. The van der Waals surface area contributed by atoms with E-state index in [0.29, 0.717) is 0 Å². The topological polar surface area (TPSA) is 44.8 Å². The molecule has 11 heavy (non-hydrogen) atoms. The van der Waals surface area contributed by atoms with Crippen LogP contribution in [0.3, 0.4) is 0 Å². The van der Waals surface area contributed by atoms with E-state index in [4.69, 9.17) is 0 Å². The zero-order valence-corrected chi connectivity index (χ0v) is 7.76. The Morgan fingerprint density at radius 1 is 1.55 bits per heavy atom. The second-order valence-electron chi connectivity index (χ2n) is 2.05. The first-order valence-corrected chi connectivity index (χ1v) is 4.20. The van der Waals surface area contributed by atoms with Gasteiger partial charge in [0.1, 0.15) is 6.61 Å². The van der Waals surface area contributed by atoms with Gasteiger partial charge in [-0.15, -0.1) is 4.52 Å². The van der Waals surface area contributed by atoms with Gasteiger partial charge in [0.15, 0.2) is 0 Å². The van der Waals surface area contributed by atoms with E-state index < -0.39 is 8.25 Å². The highest BCUT2D eigenvalue weighted by Gasteiger charge is 2.17. The quantitative estimate of drug-likeness (QED) is 0.213. The van der Waals surface area contributed by atoms with Crippen LogP contribution in [-0.2, 0) is 18.7 Å². The van der Waals surface area contributed by atoms with Crippen molar-refractivity contribution in [2.45, 2.75) is 13.8 Å². The molecule has 0 radical (unpaired) electrons. The molecule has 0 aliphatic rings. The van der Waals surface area contributed by atoms with E-state index in [1.165, 1.54) is 7.11 Å². The smallest absolute Gasteiger partial charge is 0.183 e. The zero-order valence-electron chi connectivity index (χ0n) is 6.86. The normalized spacial score (nSPS) is 11.0. The van der Waals surface area contributed by atoms with Crippen LogP contribution >= 0.6 is 8.25 Å². The fourth-order valence-electron chi connectivity index (χ4n) is 0.305. The third-order valence-electron chi connectivity index (χ3n) is 0.822. The van der Waals surface area contributed by atoms with Crippen LogP contribution in [0.2, 0.25) is 0 Å². The Morgan fingerprint density at radius 2 is 2.18 bits per heavy atom. The van der Waals surface area contributed by atoms with E-state index in [9.17, 15) is 4.57 Å². The number of hydrogen-bond donors (Lipinski definition) is 0. The van der Waals surface area contributed by atoms with Gasteiger partial charge >= 0.3 is 8.25 Å². The number of allylic oxidation sites excluding steroid dienone is 1. The maximum absolute atomic E-state index is 10.4. The second-order valence-corrected chi connectivity index (χ2v) is 3.01. The van der Waals surface area contributed by atoms with Gasteiger partial charge in [0.05, 0.1) is 11.8 Å². The summed E-state index contributed by atoms with van der Waals surface area (Å²) < 4.78 is 19.0. The van der Waals surface area contributed by atoms with E-state index in [0.717, 1.165) is 5.57 Å². The summed E-state index contributed by atoms with van der Waals surface area (Å²) in [5.41, 5.74) is 1.11. The Bertz CT molecular complexity index is 151. The predicted molar refractivity (Wildman–Crippen MR) is 41.1 cm³/mol. The summed E-state index contributed by atoms with van der Waals surface area (Å²) in [6.07, 6.45) is 1.80. The molecular formula is C6H12O4P+. The molecule has 0 saturated heterocycles. The molecule has 1 atom stereocenters. The zero-order chi connectivity index (χ0) is 8.69. The summed E-state index contributed by atoms with van der Waals surface area (Å²) in [5.74, 6) is 0. The Kier molecular flexibility index (Phi) is 6.27. The second kappa shape index (κ2) is 6.43. The Balaban J connectivity index is 3.28. The molecular weight excluding hydrogens is 167 g/mol. The van der Waals surface area contributed by atoms with Crippen LogP contribution in [0.4, 0.5) is 0 Å². The average molecular weight is 179 g/mol. The van der Waals surface area contributed by atoms with Crippen molar-refractivity contribution in [1.82, 2.24) is 0 Å². The largest absolute Gasteiger partial charge is 0.728 e. The van der Waals surface area contributed by atoms with Crippen molar-refractivity contribution in [1.29, 1.82) is 0 Å². The monoisotopic (exact) mass is 179 g/mol. The van der Waals surface area contributed by atoms with Crippen molar-refractivity contribution >= 4 is 8.25 Å². The van der Waals surface area contributed by atoms with Gasteiger partial charge < -0.3 is 0 Å². The van der Waals surface area contributed by atoms with Gasteiger partial charge in [0.25, 0.3) is 0 Å². The first kappa shape index (κ1) is 10.7. The lowest BCUT2D eigenvalue weighted by molar-refractivity contribution is -0.197. The van der Waals surface area contributed by atoms with Crippen molar-refractivity contribution in [2.24, 2.45) is 0 Å². The molecule has 0 fully saturated rings. The van der Waals surface area contributed by atoms with Crippen molar-refractivity contribution in [3.63, 3.8) is 0 Å². The van der Waals surface area contributed by atoms with E-state index in [1.54, 1.807) is 6.08 Å². The van der Waals surface area contributed by atoms with Crippen LogP contribution in [0, 0.1) is 0 Å². The molecule has 0 aliphatic carbocycles. The summed E-state index contributed by atoms with van der Waals surface area (Å²) in [4.78, 5) is 4.51. The molecule has 0 spiro atoms. The van der Waals surface area contributed by atoms with Crippen molar-refractivity contribution in [3.05, 3.63) is 11.6 Å². The van der Waals surface area contributed by atoms with Gasteiger partial charge in [-0.05, 0) is 13.8 Å². The Hall–Kier alpha value is -0.280. The average Bonchev–Trinajstić information content (AvgIpc) is 1.97. The first-order valence-electron chi connectivity index (χ1n) is 3.11. The Morgan fingerprint density at radius 3 is 2.64 bits per heavy atom. The summed E-state index contributed by atoms with van der Waals surface area (Å²) in [6, 6.07) is 0. The molecule has 0 aromatic rings. The fraction of sp³-hybridized carbons (Fsp3) is 0.667. The lowest BCUT2D eigenvalue weighted by Gasteiger charge is -1.88. The molecule has 1 unspecified atom stereocenters. The minimum Gasteiger partial charge on any atom is -0.183 e. The van der Waals surface area contributed by atoms with Crippen LogP contribution in [0.5, 0.6) is 0 Å². The van der Waals surface area contributed by atoms with Crippen LogP contribution in [0.1, 0.15) is 13.8 Å². The Labute approximate surface area is 67.0 Å². The molecule has 0 aromatic heterocycles. The lowest BCUT2D eigenvalue weighted by Crippen LogP contribution is -1.88. The maximum Gasteiger partial charge on any atom is 0.728 e. The molecule has 64 valence electrons. The van der Waals surface area contributed by atoms with Crippen molar-refractivity contribution in [2.75, 3.05) is 13.7 Å². The van der Waals surface area contributed by atoms with Gasteiger partial charge in [-0.3, -0.25) is 0 Å². The highest BCUT2D eigenvalue weighted by atomic mass is 31.1.